The number of nitrogen functional groups attached to an aromatic ring is 2. The molecule has 4 aromatic carbocycles. The molecule has 0 aliphatic rings. The van der Waals surface area contributed by atoms with Crippen LogP contribution in [0.1, 0.15) is 0 Å². The number of benzene rings is 4. The van der Waals surface area contributed by atoms with Gasteiger partial charge in [-0.15, -0.1) is 0 Å². The molecule has 4 aromatic rings. The van der Waals surface area contributed by atoms with E-state index in [4.69, 9.17) is 20.8 Å². The molecule has 0 bridgehead atoms. The Morgan fingerprint density at radius 3 is 1.38 bits per heavy atom. The van der Waals surface area contributed by atoms with Crippen LogP contribution < -0.4 is 30.2 Å². The molecule has 10 nitrogen and oxygen atoms in total. The van der Waals surface area contributed by atoms with Crippen molar-refractivity contribution in [1.82, 2.24) is 0 Å². The van der Waals surface area contributed by atoms with Gasteiger partial charge in [0.15, 0.2) is 0 Å². The van der Waals surface area contributed by atoms with Crippen molar-refractivity contribution in [3.05, 3.63) is 97.1 Å². The van der Waals surface area contributed by atoms with Gasteiger partial charge in [-0.25, -0.2) is 16.8 Å². The summed E-state index contributed by atoms with van der Waals surface area (Å²) in [6.07, 6.45) is 0. The lowest BCUT2D eigenvalue weighted by atomic mass is 10.2. The van der Waals surface area contributed by atoms with Crippen molar-refractivity contribution < 1.29 is 26.1 Å². The van der Waals surface area contributed by atoms with Gasteiger partial charge >= 0.3 is 7.69 Å². The molecular formula is C24H23BN4O6S2. The number of anilines is 4. The Kier molecular flexibility index (Phi) is 7.46. The molecule has 0 fully saturated rings. The van der Waals surface area contributed by atoms with Crippen LogP contribution >= 0.6 is 0 Å². The zero-order valence-corrected chi connectivity index (χ0v) is 21.0. The van der Waals surface area contributed by atoms with Gasteiger partial charge in [-0.1, -0.05) is 24.3 Å². The van der Waals surface area contributed by atoms with E-state index in [9.17, 15) is 16.8 Å². The van der Waals surface area contributed by atoms with Gasteiger partial charge in [-0.3, -0.25) is 9.44 Å². The van der Waals surface area contributed by atoms with Gasteiger partial charge in [0.05, 0.1) is 21.2 Å². The molecule has 190 valence electrons. The highest BCUT2D eigenvalue weighted by Crippen LogP contribution is 2.24. The Bertz CT molecular complexity index is 1510. The van der Waals surface area contributed by atoms with Crippen LogP contribution in [-0.2, 0) is 20.0 Å². The molecule has 0 unspecified atom stereocenters. The molecule has 37 heavy (non-hydrogen) atoms. The predicted octanol–water partition coefficient (Wildman–Crippen LogP) is 3.18. The van der Waals surface area contributed by atoms with Gasteiger partial charge < -0.3 is 20.8 Å². The van der Waals surface area contributed by atoms with Crippen LogP contribution in [0.5, 0.6) is 11.5 Å². The molecule has 0 spiro atoms. The molecule has 0 radical (unpaired) electrons. The summed E-state index contributed by atoms with van der Waals surface area (Å²) in [4.78, 5) is 0.0711. The lowest BCUT2D eigenvalue weighted by molar-refractivity contribution is 0.459. The first-order chi connectivity index (χ1) is 17.6. The van der Waals surface area contributed by atoms with Gasteiger partial charge in [0, 0.05) is 23.5 Å². The molecule has 0 heterocycles. The molecule has 4 rings (SSSR count). The number of hydrogen-bond donors (Lipinski definition) is 4. The standard InChI is InChI=1S/C24H23BN4O6S2/c26-17-5-1-11-23(13-17)36(30,31)28-19-7-3-9-21(15-19)34-25-35-22-10-4-8-20(16-22)29-37(32,33)24-12-2-6-18(27)14-24/h1-16,25,28-29H,26-27H2. The third-order valence-electron chi connectivity index (χ3n) is 4.96. The number of rotatable bonds is 10. The summed E-state index contributed by atoms with van der Waals surface area (Å²) in [7, 11) is -7.89. The Morgan fingerprint density at radius 2 is 0.973 bits per heavy atom. The van der Waals surface area contributed by atoms with Crippen LogP contribution in [0.3, 0.4) is 0 Å². The van der Waals surface area contributed by atoms with Gasteiger partial charge in [-0.2, -0.15) is 0 Å². The number of sulfonamides is 2. The van der Waals surface area contributed by atoms with Crippen LogP contribution in [-0.4, -0.2) is 24.5 Å². The summed E-state index contributed by atoms with van der Waals surface area (Å²) in [5.41, 5.74) is 12.6. The van der Waals surface area contributed by atoms with E-state index in [0.29, 0.717) is 22.9 Å². The maximum atomic E-state index is 12.6. The summed E-state index contributed by atoms with van der Waals surface area (Å²) in [5, 5.41) is 0. The average Bonchev–Trinajstić information content (AvgIpc) is 2.84. The third kappa shape index (κ3) is 6.87. The first-order valence-electron chi connectivity index (χ1n) is 10.8. The molecule has 0 amide bonds. The van der Waals surface area contributed by atoms with Crippen molar-refractivity contribution in [3.63, 3.8) is 0 Å². The minimum atomic E-state index is -3.84. The fourth-order valence-corrected chi connectivity index (χ4v) is 5.46. The van der Waals surface area contributed by atoms with Crippen LogP contribution in [0.25, 0.3) is 0 Å². The summed E-state index contributed by atoms with van der Waals surface area (Å²) < 4.78 is 66.6. The first kappa shape index (κ1) is 25.7. The smallest absolute Gasteiger partial charge is 0.528 e. The predicted molar refractivity (Wildman–Crippen MR) is 145 cm³/mol. The SMILES string of the molecule is Nc1cccc(S(=O)(=O)Nc2cccc(OBOc3cccc(NS(=O)(=O)c4cccc(N)c4)c3)c2)c1. The number of nitrogens with one attached hydrogen (secondary N) is 2. The topological polar surface area (TPSA) is 163 Å². The Hall–Kier alpha value is -4.36. The lowest BCUT2D eigenvalue weighted by Crippen LogP contribution is -2.14. The molecule has 0 saturated heterocycles. The summed E-state index contributed by atoms with van der Waals surface area (Å²) in [5.74, 6) is 0.706. The van der Waals surface area contributed by atoms with E-state index in [1.54, 1.807) is 60.7 Å². The van der Waals surface area contributed by atoms with Crippen LogP contribution in [0.4, 0.5) is 22.7 Å². The van der Waals surface area contributed by atoms with Crippen LogP contribution in [0.2, 0.25) is 0 Å². The highest BCUT2D eigenvalue weighted by Gasteiger charge is 2.16. The molecule has 0 aromatic heterocycles. The maximum Gasteiger partial charge on any atom is 0.576 e. The molecule has 13 heteroatoms. The average molecular weight is 538 g/mol. The van der Waals surface area contributed by atoms with Crippen molar-refractivity contribution in [2.24, 2.45) is 0 Å². The molecule has 0 atom stereocenters. The van der Waals surface area contributed by atoms with Gasteiger partial charge in [0.2, 0.25) is 0 Å². The molecular weight excluding hydrogens is 515 g/mol. The maximum absolute atomic E-state index is 12.6. The normalized spacial score (nSPS) is 11.4. The molecule has 0 saturated carbocycles. The van der Waals surface area contributed by atoms with E-state index in [-0.39, 0.29) is 28.9 Å². The third-order valence-corrected chi connectivity index (χ3v) is 7.72. The minimum absolute atomic E-state index is 0.0355. The van der Waals surface area contributed by atoms with E-state index < -0.39 is 20.0 Å². The van der Waals surface area contributed by atoms with E-state index in [1.807, 2.05) is 0 Å². The van der Waals surface area contributed by atoms with Crippen LogP contribution in [0.15, 0.2) is 107 Å². The zero-order chi connectivity index (χ0) is 26.5. The second-order valence-corrected chi connectivity index (χ2v) is 11.2. The second kappa shape index (κ2) is 10.7. The number of hydrogen-bond acceptors (Lipinski definition) is 8. The monoisotopic (exact) mass is 538 g/mol. The van der Waals surface area contributed by atoms with Crippen molar-refractivity contribution in [2.45, 2.75) is 9.79 Å². The highest BCUT2D eigenvalue weighted by molar-refractivity contribution is 7.93. The largest absolute Gasteiger partial charge is 0.576 e. The molecule has 0 aliphatic heterocycles. The van der Waals surface area contributed by atoms with E-state index >= 15 is 0 Å². The van der Waals surface area contributed by atoms with Crippen molar-refractivity contribution in [1.29, 1.82) is 0 Å². The first-order valence-corrected chi connectivity index (χ1v) is 13.8. The quantitative estimate of drug-likeness (QED) is 0.177. The number of nitrogens with two attached hydrogens (primary N) is 2. The summed E-state index contributed by atoms with van der Waals surface area (Å²) >= 11 is 0. The van der Waals surface area contributed by atoms with E-state index in [2.05, 4.69) is 9.44 Å². The Morgan fingerprint density at radius 1 is 0.568 bits per heavy atom. The minimum Gasteiger partial charge on any atom is -0.528 e. The second-order valence-electron chi connectivity index (χ2n) is 7.82. The Labute approximate surface area is 215 Å². The van der Waals surface area contributed by atoms with Crippen molar-refractivity contribution >= 4 is 50.5 Å². The van der Waals surface area contributed by atoms with E-state index in [1.165, 1.54) is 36.4 Å². The Balaban J connectivity index is 1.37. The van der Waals surface area contributed by atoms with Gasteiger partial charge in [0.25, 0.3) is 20.0 Å². The highest BCUT2D eigenvalue weighted by atomic mass is 32.2. The molecule has 0 aliphatic carbocycles. The summed E-state index contributed by atoms with van der Waals surface area (Å²) in [6.45, 7) is 0. The fourth-order valence-electron chi connectivity index (χ4n) is 3.26. The van der Waals surface area contributed by atoms with Crippen molar-refractivity contribution in [2.75, 3.05) is 20.9 Å². The summed E-state index contributed by atoms with van der Waals surface area (Å²) in [6, 6.07) is 24.6. The van der Waals surface area contributed by atoms with E-state index in [0.717, 1.165) is 0 Å². The van der Waals surface area contributed by atoms with Gasteiger partial charge in [-0.05, 0) is 60.7 Å². The molecule has 6 N–H and O–H groups in total. The van der Waals surface area contributed by atoms with Crippen LogP contribution in [0, 0.1) is 0 Å². The van der Waals surface area contributed by atoms with Gasteiger partial charge in [0.1, 0.15) is 11.5 Å². The lowest BCUT2D eigenvalue weighted by Gasteiger charge is -2.12. The zero-order valence-electron chi connectivity index (χ0n) is 19.4. The fraction of sp³-hybridized carbons (Fsp3) is 0. The van der Waals surface area contributed by atoms with Crippen molar-refractivity contribution in [3.8, 4) is 11.5 Å².